The minimum absolute atomic E-state index is 0.150. The van der Waals surface area contributed by atoms with Gasteiger partial charge >= 0.3 is 0 Å². The lowest BCUT2D eigenvalue weighted by Gasteiger charge is -2.28. The fourth-order valence-corrected chi connectivity index (χ4v) is 3.40. The second-order valence-corrected chi connectivity index (χ2v) is 7.31. The van der Waals surface area contributed by atoms with E-state index in [2.05, 4.69) is 5.32 Å². The first kappa shape index (κ1) is 18.8. The molecule has 0 radical (unpaired) electrons. The molecule has 0 bridgehead atoms. The molecule has 1 aliphatic rings. The summed E-state index contributed by atoms with van der Waals surface area (Å²) in [5.74, 6) is -0.959. The standard InChI is InChI=1S/C22H24N2O3/c1-14(2)13-19(20(25)23-15(3)16-9-5-4-6-10-16)24-21(26)17-11-7-8-12-18(17)22(24)27/h4-12,14-15,19H,13H2,1-3H3,(H,23,25). The number of benzene rings is 2. The van der Waals surface area contributed by atoms with Crippen LogP contribution in [0.4, 0.5) is 0 Å². The zero-order valence-electron chi connectivity index (χ0n) is 15.8. The summed E-state index contributed by atoms with van der Waals surface area (Å²) in [4.78, 5) is 39.8. The highest BCUT2D eigenvalue weighted by atomic mass is 16.2. The van der Waals surface area contributed by atoms with Crippen molar-refractivity contribution in [1.82, 2.24) is 10.2 Å². The molecule has 5 heteroatoms. The SMILES string of the molecule is CC(C)CC(C(=O)NC(C)c1ccccc1)N1C(=O)c2ccccc2C1=O. The maximum absolute atomic E-state index is 13.0. The van der Waals surface area contributed by atoms with Crippen molar-refractivity contribution in [2.45, 2.75) is 39.3 Å². The number of hydrogen-bond acceptors (Lipinski definition) is 3. The number of fused-ring (bicyclic) bond motifs is 1. The molecule has 2 aromatic carbocycles. The van der Waals surface area contributed by atoms with E-state index in [1.54, 1.807) is 24.3 Å². The van der Waals surface area contributed by atoms with Gasteiger partial charge in [-0.3, -0.25) is 19.3 Å². The number of nitrogens with zero attached hydrogens (tertiary/aromatic N) is 1. The van der Waals surface area contributed by atoms with Crippen LogP contribution in [-0.4, -0.2) is 28.7 Å². The van der Waals surface area contributed by atoms with Gasteiger partial charge in [-0.05, 0) is 37.0 Å². The van der Waals surface area contributed by atoms with Crippen molar-refractivity contribution in [3.63, 3.8) is 0 Å². The first-order valence-corrected chi connectivity index (χ1v) is 9.22. The van der Waals surface area contributed by atoms with E-state index in [9.17, 15) is 14.4 Å². The molecule has 5 nitrogen and oxygen atoms in total. The minimum atomic E-state index is -0.830. The summed E-state index contributed by atoms with van der Waals surface area (Å²) >= 11 is 0. The number of carbonyl (C=O) groups is 3. The second-order valence-electron chi connectivity index (χ2n) is 7.31. The van der Waals surface area contributed by atoms with E-state index in [0.717, 1.165) is 10.5 Å². The molecule has 0 aliphatic carbocycles. The van der Waals surface area contributed by atoms with E-state index >= 15 is 0 Å². The highest BCUT2D eigenvalue weighted by molar-refractivity contribution is 6.22. The zero-order valence-corrected chi connectivity index (χ0v) is 15.8. The predicted octanol–water partition coefficient (Wildman–Crippen LogP) is 3.57. The molecule has 0 aromatic heterocycles. The summed E-state index contributed by atoms with van der Waals surface area (Å²) in [5.41, 5.74) is 1.69. The molecule has 0 saturated carbocycles. The molecule has 1 heterocycles. The molecule has 1 aliphatic heterocycles. The molecular formula is C22H24N2O3. The van der Waals surface area contributed by atoms with E-state index in [1.165, 1.54) is 0 Å². The number of hydrogen-bond donors (Lipinski definition) is 1. The van der Waals surface area contributed by atoms with Crippen molar-refractivity contribution in [3.05, 3.63) is 71.3 Å². The fraction of sp³-hybridized carbons (Fsp3) is 0.318. The summed E-state index contributed by atoms with van der Waals surface area (Å²) < 4.78 is 0. The molecule has 0 saturated heterocycles. The van der Waals surface area contributed by atoms with E-state index in [1.807, 2.05) is 51.1 Å². The predicted molar refractivity (Wildman–Crippen MR) is 103 cm³/mol. The summed E-state index contributed by atoms with van der Waals surface area (Å²) in [6, 6.07) is 15.3. The minimum Gasteiger partial charge on any atom is -0.348 e. The Labute approximate surface area is 159 Å². The number of imide groups is 1. The van der Waals surface area contributed by atoms with Gasteiger partial charge in [0.15, 0.2) is 0 Å². The van der Waals surface area contributed by atoms with Gasteiger partial charge in [-0.1, -0.05) is 56.3 Å². The highest BCUT2D eigenvalue weighted by Crippen LogP contribution is 2.27. The Morgan fingerprint density at radius 2 is 1.41 bits per heavy atom. The largest absolute Gasteiger partial charge is 0.348 e. The second kappa shape index (κ2) is 7.74. The lowest BCUT2D eigenvalue weighted by Crippen LogP contribution is -2.50. The van der Waals surface area contributed by atoms with Crippen LogP contribution in [0.3, 0.4) is 0 Å². The average Bonchev–Trinajstić information content (AvgIpc) is 2.91. The molecule has 2 unspecified atom stereocenters. The van der Waals surface area contributed by atoms with Crippen molar-refractivity contribution in [3.8, 4) is 0 Å². The van der Waals surface area contributed by atoms with Crippen LogP contribution in [0.5, 0.6) is 0 Å². The van der Waals surface area contributed by atoms with Crippen molar-refractivity contribution in [2.24, 2.45) is 5.92 Å². The molecule has 1 N–H and O–H groups in total. The number of nitrogens with one attached hydrogen (secondary N) is 1. The van der Waals surface area contributed by atoms with Crippen LogP contribution < -0.4 is 5.32 Å². The van der Waals surface area contributed by atoms with E-state index in [0.29, 0.717) is 17.5 Å². The first-order chi connectivity index (χ1) is 12.9. The Morgan fingerprint density at radius 1 is 0.889 bits per heavy atom. The van der Waals surface area contributed by atoms with Crippen molar-refractivity contribution >= 4 is 17.7 Å². The zero-order chi connectivity index (χ0) is 19.6. The molecule has 140 valence electrons. The van der Waals surface area contributed by atoms with Crippen LogP contribution in [0.2, 0.25) is 0 Å². The summed E-state index contributed by atoms with van der Waals surface area (Å²) in [5, 5.41) is 2.96. The third-order valence-corrected chi connectivity index (χ3v) is 4.79. The molecule has 0 fully saturated rings. The molecule has 2 aromatic rings. The highest BCUT2D eigenvalue weighted by Gasteiger charge is 2.42. The van der Waals surface area contributed by atoms with Crippen LogP contribution >= 0.6 is 0 Å². The van der Waals surface area contributed by atoms with Gasteiger partial charge in [-0.25, -0.2) is 0 Å². The smallest absolute Gasteiger partial charge is 0.262 e. The molecule has 3 rings (SSSR count). The molecule has 0 spiro atoms. The van der Waals surface area contributed by atoms with Gasteiger partial charge in [-0.15, -0.1) is 0 Å². The summed E-state index contributed by atoms with van der Waals surface area (Å²) in [7, 11) is 0. The summed E-state index contributed by atoms with van der Waals surface area (Å²) in [6.45, 7) is 5.83. The Bertz CT molecular complexity index is 826. The number of amides is 3. The number of carbonyl (C=O) groups excluding carboxylic acids is 3. The van der Waals surface area contributed by atoms with Gasteiger partial charge in [0.1, 0.15) is 6.04 Å². The topological polar surface area (TPSA) is 66.5 Å². The maximum Gasteiger partial charge on any atom is 0.262 e. The summed E-state index contributed by atoms with van der Waals surface area (Å²) in [6.07, 6.45) is 0.415. The van der Waals surface area contributed by atoms with Crippen LogP contribution in [-0.2, 0) is 4.79 Å². The first-order valence-electron chi connectivity index (χ1n) is 9.22. The van der Waals surface area contributed by atoms with Crippen molar-refractivity contribution in [2.75, 3.05) is 0 Å². The molecular weight excluding hydrogens is 340 g/mol. The van der Waals surface area contributed by atoms with Crippen LogP contribution in [0.25, 0.3) is 0 Å². The van der Waals surface area contributed by atoms with E-state index < -0.39 is 17.9 Å². The third-order valence-electron chi connectivity index (χ3n) is 4.79. The van der Waals surface area contributed by atoms with E-state index in [4.69, 9.17) is 0 Å². The number of rotatable bonds is 6. The molecule has 27 heavy (non-hydrogen) atoms. The van der Waals surface area contributed by atoms with Crippen LogP contribution in [0.15, 0.2) is 54.6 Å². The Hall–Kier alpha value is -2.95. The Balaban J connectivity index is 1.85. The van der Waals surface area contributed by atoms with Gasteiger partial charge < -0.3 is 5.32 Å². The average molecular weight is 364 g/mol. The van der Waals surface area contributed by atoms with Crippen molar-refractivity contribution < 1.29 is 14.4 Å². The Morgan fingerprint density at radius 3 is 1.93 bits per heavy atom. The lowest BCUT2D eigenvalue weighted by atomic mass is 10.0. The van der Waals surface area contributed by atoms with E-state index in [-0.39, 0.29) is 17.9 Å². The Kier molecular flexibility index (Phi) is 5.40. The lowest BCUT2D eigenvalue weighted by molar-refractivity contribution is -0.126. The normalized spacial score (nSPS) is 15.6. The van der Waals surface area contributed by atoms with Gasteiger partial charge in [0, 0.05) is 0 Å². The van der Waals surface area contributed by atoms with Crippen LogP contribution in [0, 0.1) is 5.92 Å². The maximum atomic E-state index is 13.0. The van der Waals surface area contributed by atoms with Gasteiger partial charge in [-0.2, -0.15) is 0 Å². The monoisotopic (exact) mass is 364 g/mol. The third kappa shape index (κ3) is 3.77. The van der Waals surface area contributed by atoms with Gasteiger partial charge in [0.05, 0.1) is 17.2 Å². The van der Waals surface area contributed by atoms with Crippen LogP contribution in [0.1, 0.15) is 59.5 Å². The fourth-order valence-electron chi connectivity index (χ4n) is 3.40. The van der Waals surface area contributed by atoms with Gasteiger partial charge in [0.25, 0.3) is 11.8 Å². The molecule has 2 atom stereocenters. The van der Waals surface area contributed by atoms with Gasteiger partial charge in [0.2, 0.25) is 5.91 Å². The molecule has 3 amide bonds. The van der Waals surface area contributed by atoms with Crippen molar-refractivity contribution in [1.29, 1.82) is 0 Å². The quantitative estimate of drug-likeness (QED) is 0.797.